The summed E-state index contributed by atoms with van der Waals surface area (Å²) >= 11 is 0. The highest BCUT2D eigenvalue weighted by molar-refractivity contribution is 6.06. The summed E-state index contributed by atoms with van der Waals surface area (Å²) in [6.07, 6.45) is 2.51. The van der Waals surface area contributed by atoms with Crippen LogP contribution in [0.4, 0.5) is 10.6 Å². The maximum atomic E-state index is 13.0. The Balaban J connectivity index is 1.39. The number of carbonyl (C=O) groups is 3. The molecule has 1 aliphatic heterocycles. The van der Waals surface area contributed by atoms with Gasteiger partial charge in [-0.25, -0.2) is 14.4 Å². The van der Waals surface area contributed by atoms with Crippen LogP contribution in [0.3, 0.4) is 0 Å². The molecule has 4 rings (SSSR count). The van der Waals surface area contributed by atoms with Crippen LogP contribution in [0.5, 0.6) is 0 Å². The van der Waals surface area contributed by atoms with E-state index in [1.807, 2.05) is 31.2 Å². The molecule has 2 aromatic carbocycles. The molecule has 3 aromatic rings. The van der Waals surface area contributed by atoms with E-state index in [4.69, 9.17) is 0 Å². The number of carbonyl (C=O) groups excluding carboxylic acids is 2. The van der Waals surface area contributed by atoms with Crippen LogP contribution in [0.2, 0.25) is 0 Å². The van der Waals surface area contributed by atoms with Crippen molar-refractivity contribution in [1.29, 1.82) is 0 Å². The molecule has 0 saturated carbocycles. The Morgan fingerprint density at radius 2 is 1.71 bits per heavy atom. The largest absolute Gasteiger partial charge is 0.480 e. The first-order valence-electron chi connectivity index (χ1n) is 13.6. The molecular formula is C30H36N6O5. The molecule has 1 aliphatic rings. The molecule has 1 atom stereocenters. The standard InChI is InChI=1S/C30H36N6O5/c1-19-8-7-9-20(2)24(19)26(37)33-25-22(17-31-28(40)34-25)16-23(27(38)39)32-29(41)35-30(3)12-14-36(15-13-30)18-21-10-5-4-6-11-21/h4-11,17,23H,12-16,18H2,1-3H3,(H,38,39)(H2,32,35,41)(H2,31,33,34,37,40). The summed E-state index contributed by atoms with van der Waals surface area (Å²) in [4.78, 5) is 58.6. The lowest BCUT2D eigenvalue weighted by Gasteiger charge is -2.40. The van der Waals surface area contributed by atoms with E-state index >= 15 is 0 Å². The summed E-state index contributed by atoms with van der Waals surface area (Å²) in [5, 5.41) is 18.0. The van der Waals surface area contributed by atoms with Crippen molar-refractivity contribution < 1.29 is 19.5 Å². The molecule has 0 aliphatic carbocycles. The van der Waals surface area contributed by atoms with Crippen LogP contribution in [0.1, 0.15) is 52.4 Å². The van der Waals surface area contributed by atoms with E-state index in [9.17, 15) is 24.3 Å². The fraction of sp³-hybridized carbons (Fsp3) is 0.367. The number of nitrogens with one attached hydrogen (secondary N) is 4. The second kappa shape index (κ2) is 12.8. The SMILES string of the molecule is Cc1cccc(C)c1C(=O)Nc1nc(=O)[nH]cc1CC(NC(=O)NC1(C)CCN(Cc2ccccc2)CC1)C(=O)O. The van der Waals surface area contributed by atoms with Crippen LogP contribution in [-0.2, 0) is 17.8 Å². The number of benzene rings is 2. The number of urea groups is 1. The number of aromatic nitrogens is 2. The highest BCUT2D eigenvalue weighted by Gasteiger charge is 2.33. The molecule has 0 spiro atoms. The van der Waals surface area contributed by atoms with Gasteiger partial charge in [0.1, 0.15) is 11.9 Å². The van der Waals surface area contributed by atoms with Crippen molar-refractivity contribution in [3.63, 3.8) is 0 Å². The summed E-state index contributed by atoms with van der Waals surface area (Å²) in [7, 11) is 0. The zero-order chi connectivity index (χ0) is 29.6. The molecule has 216 valence electrons. The third kappa shape index (κ3) is 7.79. The number of anilines is 1. The number of piperidine rings is 1. The number of carboxylic acid groups (broad SMARTS) is 1. The average molecular weight is 561 g/mol. The summed E-state index contributed by atoms with van der Waals surface area (Å²) in [5.74, 6) is -1.79. The fourth-order valence-corrected chi connectivity index (χ4v) is 5.09. The lowest BCUT2D eigenvalue weighted by Crippen LogP contribution is -2.57. The smallest absolute Gasteiger partial charge is 0.346 e. The number of nitrogens with zero attached hydrogens (tertiary/aromatic N) is 2. The maximum absolute atomic E-state index is 13.0. The molecular weight excluding hydrogens is 524 g/mol. The first-order valence-corrected chi connectivity index (χ1v) is 13.6. The number of carboxylic acids is 1. The van der Waals surface area contributed by atoms with Gasteiger partial charge in [-0.15, -0.1) is 0 Å². The summed E-state index contributed by atoms with van der Waals surface area (Å²) < 4.78 is 0. The second-order valence-corrected chi connectivity index (χ2v) is 10.8. The van der Waals surface area contributed by atoms with Crippen molar-refractivity contribution in [2.45, 2.75) is 58.2 Å². The number of rotatable bonds is 9. The Labute approximate surface area is 238 Å². The Morgan fingerprint density at radius 3 is 2.34 bits per heavy atom. The van der Waals surface area contributed by atoms with Crippen molar-refractivity contribution in [2.24, 2.45) is 0 Å². The third-order valence-corrected chi connectivity index (χ3v) is 7.48. The van der Waals surface area contributed by atoms with E-state index in [1.54, 1.807) is 26.0 Å². The molecule has 5 N–H and O–H groups in total. The molecule has 3 amide bonds. The minimum absolute atomic E-state index is 0.0624. The van der Waals surface area contributed by atoms with Crippen LogP contribution in [-0.4, -0.2) is 62.6 Å². The van der Waals surface area contributed by atoms with E-state index in [2.05, 4.69) is 43.0 Å². The topological polar surface area (TPSA) is 157 Å². The van der Waals surface area contributed by atoms with Crippen molar-refractivity contribution in [3.05, 3.63) is 93.0 Å². The molecule has 0 bridgehead atoms. The van der Waals surface area contributed by atoms with Crippen LogP contribution in [0, 0.1) is 13.8 Å². The fourth-order valence-electron chi connectivity index (χ4n) is 5.09. The van der Waals surface area contributed by atoms with Crippen LogP contribution < -0.4 is 21.6 Å². The van der Waals surface area contributed by atoms with Crippen molar-refractivity contribution >= 4 is 23.7 Å². The number of aliphatic carboxylic acids is 1. The lowest BCUT2D eigenvalue weighted by molar-refractivity contribution is -0.139. The summed E-state index contributed by atoms with van der Waals surface area (Å²) in [6.45, 7) is 7.96. The minimum atomic E-state index is -1.33. The molecule has 11 heteroatoms. The van der Waals surface area contributed by atoms with Gasteiger partial charge >= 0.3 is 17.7 Å². The van der Waals surface area contributed by atoms with Crippen LogP contribution in [0.25, 0.3) is 0 Å². The van der Waals surface area contributed by atoms with Crippen molar-refractivity contribution in [2.75, 3.05) is 18.4 Å². The van der Waals surface area contributed by atoms with E-state index in [1.165, 1.54) is 11.8 Å². The molecule has 41 heavy (non-hydrogen) atoms. The summed E-state index contributed by atoms with van der Waals surface area (Å²) in [5.41, 5.74) is 2.23. The first-order chi connectivity index (χ1) is 19.5. The first kappa shape index (κ1) is 29.5. The van der Waals surface area contributed by atoms with Gasteiger partial charge in [0.15, 0.2) is 0 Å². The molecule has 1 fully saturated rings. The predicted octanol–water partition coefficient (Wildman–Crippen LogP) is 2.99. The number of aryl methyl sites for hydroxylation is 2. The van der Waals surface area contributed by atoms with E-state index in [-0.39, 0.29) is 17.8 Å². The highest BCUT2D eigenvalue weighted by Crippen LogP contribution is 2.23. The van der Waals surface area contributed by atoms with Crippen LogP contribution >= 0.6 is 0 Å². The predicted molar refractivity (Wildman–Crippen MR) is 155 cm³/mol. The molecule has 1 aromatic heterocycles. The Morgan fingerprint density at radius 1 is 1.05 bits per heavy atom. The van der Waals surface area contributed by atoms with E-state index in [0.717, 1.165) is 30.8 Å². The maximum Gasteiger partial charge on any atom is 0.346 e. The van der Waals surface area contributed by atoms with Gasteiger partial charge in [0.05, 0.1) is 0 Å². The highest BCUT2D eigenvalue weighted by atomic mass is 16.4. The van der Waals surface area contributed by atoms with E-state index in [0.29, 0.717) is 18.4 Å². The molecule has 1 saturated heterocycles. The second-order valence-electron chi connectivity index (χ2n) is 10.8. The molecule has 11 nitrogen and oxygen atoms in total. The molecule has 1 unspecified atom stereocenters. The number of hydrogen-bond acceptors (Lipinski definition) is 6. The zero-order valence-electron chi connectivity index (χ0n) is 23.5. The minimum Gasteiger partial charge on any atom is -0.480 e. The number of likely N-dealkylation sites (tertiary alicyclic amines) is 1. The van der Waals surface area contributed by atoms with Crippen molar-refractivity contribution in [1.82, 2.24) is 25.5 Å². The lowest BCUT2D eigenvalue weighted by atomic mass is 9.89. The van der Waals surface area contributed by atoms with Gasteiger partial charge in [-0.3, -0.25) is 9.69 Å². The van der Waals surface area contributed by atoms with E-state index < -0.39 is 35.2 Å². The Bertz CT molecular complexity index is 1440. The number of hydrogen-bond donors (Lipinski definition) is 5. The quantitative estimate of drug-likeness (QED) is 0.269. The number of H-pyrrole nitrogens is 1. The van der Waals surface area contributed by atoms with Gasteiger partial charge in [-0.2, -0.15) is 4.98 Å². The van der Waals surface area contributed by atoms with Gasteiger partial charge in [0.2, 0.25) is 0 Å². The third-order valence-electron chi connectivity index (χ3n) is 7.48. The number of aromatic amines is 1. The van der Waals surface area contributed by atoms with Gasteiger partial charge in [-0.05, 0) is 50.3 Å². The van der Waals surface area contributed by atoms with Gasteiger partial charge in [0, 0.05) is 48.9 Å². The average Bonchev–Trinajstić information content (AvgIpc) is 2.91. The number of amides is 3. The Kier molecular flexibility index (Phi) is 9.18. The monoisotopic (exact) mass is 560 g/mol. The zero-order valence-corrected chi connectivity index (χ0v) is 23.5. The van der Waals surface area contributed by atoms with Crippen LogP contribution in [0.15, 0.2) is 59.5 Å². The van der Waals surface area contributed by atoms with Crippen molar-refractivity contribution in [3.8, 4) is 0 Å². The van der Waals surface area contributed by atoms with Gasteiger partial charge < -0.3 is 26.0 Å². The Hall–Kier alpha value is -4.51. The van der Waals surface area contributed by atoms with Gasteiger partial charge in [-0.1, -0.05) is 48.5 Å². The normalized spacial score (nSPS) is 15.5. The molecule has 0 radical (unpaired) electrons. The summed E-state index contributed by atoms with van der Waals surface area (Å²) in [6, 6.07) is 13.7. The van der Waals surface area contributed by atoms with Gasteiger partial charge in [0.25, 0.3) is 5.91 Å². The molecule has 2 heterocycles.